The van der Waals surface area contributed by atoms with E-state index < -0.39 is 0 Å². The number of nitrogens with zero attached hydrogens (tertiary/aromatic N) is 4. The molecule has 6 nitrogen and oxygen atoms in total. The molecule has 0 saturated heterocycles. The molecule has 0 spiro atoms. The van der Waals surface area contributed by atoms with Crippen molar-refractivity contribution in [1.29, 1.82) is 0 Å². The van der Waals surface area contributed by atoms with Crippen molar-refractivity contribution in [3.63, 3.8) is 0 Å². The summed E-state index contributed by atoms with van der Waals surface area (Å²) in [5, 5.41) is 10.8. The smallest absolute Gasteiger partial charge is 0.205 e. The molecule has 0 aliphatic carbocycles. The summed E-state index contributed by atoms with van der Waals surface area (Å²) in [4.78, 5) is 0. The highest BCUT2D eigenvalue weighted by atomic mass is 32.1. The minimum atomic E-state index is 0. The summed E-state index contributed by atoms with van der Waals surface area (Å²) in [6.07, 6.45) is 0. The fourth-order valence-electron chi connectivity index (χ4n) is 0.225. The quantitative estimate of drug-likeness (QED) is 0.428. The molecule has 54 valence electrons. The van der Waals surface area contributed by atoms with Crippen LogP contribution in [0.4, 0.5) is 0 Å². The summed E-state index contributed by atoms with van der Waals surface area (Å²) in [5.74, 6) is 0. The molecule has 0 amide bonds. The van der Waals surface area contributed by atoms with Crippen LogP contribution in [0.5, 0.6) is 0 Å². The van der Waals surface area contributed by atoms with Gasteiger partial charge in [0.1, 0.15) is 0 Å². The van der Waals surface area contributed by atoms with Crippen LogP contribution in [-0.2, 0) is 7.05 Å². The number of thiol groups is 1. The van der Waals surface area contributed by atoms with Gasteiger partial charge < -0.3 is 11.0 Å². The summed E-state index contributed by atoms with van der Waals surface area (Å²) in [6.45, 7) is 0. The first-order chi connectivity index (χ1) is 3.30. The Balaban J connectivity index is 0. The number of rotatable bonds is 0. The van der Waals surface area contributed by atoms with E-state index in [9.17, 15) is 0 Å². The summed E-state index contributed by atoms with van der Waals surface area (Å²) in [5.41, 5.74) is 0. The minimum Gasteiger partial charge on any atom is -0.412 e. The number of hydrogen-bond donors (Lipinski definition) is 1. The van der Waals surface area contributed by atoms with E-state index in [4.69, 9.17) is 0 Å². The first-order valence-corrected chi connectivity index (χ1v) is 2.17. The van der Waals surface area contributed by atoms with E-state index in [0.29, 0.717) is 5.16 Å². The number of tetrazole rings is 1. The molecule has 4 N–H and O–H groups in total. The summed E-state index contributed by atoms with van der Waals surface area (Å²) in [6, 6.07) is 0. The van der Waals surface area contributed by atoms with E-state index in [1.165, 1.54) is 4.68 Å². The van der Waals surface area contributed by atoms with Gasteiger partial charge in [-0.25, -0.2) is 4.68 Å². The lowest BCUT2D eigenvalue weighted by Crippen LogP contribution is -1.89. The van der Waals surface area contributed by atoms with Gasteiger partial charge in [-0.1, -0.05) is 0 Å². The van der Waals surface area contributed by atoms with Crippen LogP contribution in [0.2, 0.25) is 0 Å². The topological polar surface area (TPSA) is 107 Å². The predicted molar refractivity (Wildman–Crippen MR) is 33.3 cm³/mol. The Bertz CT molecular complexity index is 149. The van der Waals surface area contributed by atoms with Crippen LogP contribution in [0, 0.1) is 0 Å². The molecule has 0 saturated carbocycles. The molecule has 1 aromatic heterocycles. The maximum absolute atomic E-state index is 3.88. The third-order valence-corrected chi connectivity index (χ3v) is 0.977. The Morgan fingerprint density at radius 3 is 2.11 bits per heavy atom. The second kappa shape index (κ2) is 4.24. The molecule has 7 heteroatoms. The lowest BCUT2D eigenvalue weighted by Gasteiger charge is -1.80. The Hall–Kier alpha value is -0.660. The maximum Gasteiger partial charge on any atom is 0.205 e. The molecule has 1 heterocycles. The van der Waals surface area contributed by atoms with E-state index in [2.05, 4.69) is 28.2 Å². The van der Waals surface area contributed by atoms with Gasteiger partial charge in [-0.3, -0.25) is 0 Å². The van der Waals surface area contributed by atoms with Crippen molar-refractivity contribution in [2.24, 2.45) is 7.05 Å². The van der Waals surface area contributed by atoms with Crippen LogP contribution in [-0.4, -0.2) is 31.2 Å². The minimum absolute atomic E-state index is 0. The standard InChI is InChI=1S/C2H4N4S.2H2O/c1-6-2(7)3-4-5-6;;/h1H3,(H,3,5,7);2*1H2. The fourth-order valence-corrected chi connectivity index (χ4v) is 0.305. The largest absolute Gasteiger partial charge is 0.412 e. The first kappa shape index (κ1) is 11.2. The molecule has 1 aromatic rings. The van der Waals surface area contributed by atoms with Gasteiger partial charge in [0.05, 0.1) is 0 Å². The molecular formula is C2H8N4O2S. The Kier molecular flexibility index (Phi) is 5.27. The molecule has 9 heavy (non-hydrogen) atoms. The number of hydrogen-bond acceptors (Lipinski definition) is 4. The van der Waals surface area contributed by atoms with Gasteiger partial charge in [-0.15, -0.1) is 17.7 Å². The van der Waals surface area contributed by atoms with Crippen LogP contribution in [0.25, 0.3) is 0 Å². The average Bonchev–Trinajstić information content (AvgIpc) is 1.91. The van der Waals surface area contributed by atoms with Gasteiger partial charge in [0.25, 0.3) is 0 Å². The molecule has 0 aliphatic heterocycles. The molecule has 0 aliphatic rings. The molecule has 1 rings (SSSR count). The van der Waals surface area contributed by atoms with Crippen LogP contribution in [0.1, 0.15) is 0 Å². The van der Waals surface area contributed by atoms with Crippen molar-refractivity contribution in [3.05, 3.63) is 0 Å². The van der Waals surface area contributed by atoms with Crippen molar-refractivity contribution in [3.8, 4) is 0 Å². The third-order valence-electron chi connectivity index (χ3n) is 0.598. The maximum atomic E-state index is 3.88. The monoisotopic (exact) mass is 152 g/mol. The lowest BCUT2D eigenvalue weighted by molar-refractivity contribution is 0.666. The van der Waals surface area contributed by atoms with Gasteiger partial charge in [-0.2, -0.15) is 0 Å². The zero-order chi connectivity index (χ0) is 5.28. The van der Waals surface area contributed by atoms with Gasteiger partial charge in [-0.05, 0) is 10.4 Å². The second-order valence-corrected chi connectivity index (χ2v) is 1.50. The number of aromatic nitrogens is 4. The molecule has 0 bridgehead atoms. The predicted octanol–water partition coefficient (Wildman–Crippen LogP) is -2.15. The highest BCUT2D eigenvalue weighted by molar-refractivity contribution is 7.80. The van der Waals surface area contributed by atoms with Crippen molar-refractivity contribution < 1.29 is 11.0 Å². The van der Waals surface area contributed by atoms with Crippen molar-refractivity contribution in [2.75, 3.05) is 0 Å². The molecule has 0 fully saturated rings. The SMILES string of the molecule is Cn1nnnc1S.O.O. The van der Waals surface area contributed by atoms with E-state index in [-0.39, 0.29) is 11.0 Å². The van der Waals surface area contributed by atoms with Crippen molar-refractivity contribution in [1.82, 2.24) is 20.2 Å². The highest BCUT2D eigenvalue weighted by Crippen LogP contribution is 1.90. The van der Waals surface area contributed by atoms with E-state index >= 15 is 0 Å². The van der Waals surface area contributed by atoms with Crippen LogP contribution in [0.3, 0.4) is 0 Å². The van der Waals surface area contributed by atoms with Gasteiger partial charge in [0.15, 0.2) is 0 Å². The summed E-state index contributed by atoms with van der Waals surface area (Å²) >= 11 is 3.88. The van der Waals surface area contributed by atoms with Gasteiger partial charge in [0, 0.05) is 7.05 Å². The Morgan fingerprint density at radius 1 is 1.44 bits per heavy atom. The first-order valence-electron chi connectivity index (χ1n) is 1.72. The Labute approximate surface area is 56.9 Å². The van der Waals surface area contributed by atoms with Gasteiger partial charge >= 0.3 is 0 Å². The average molecular weight is 152 g/mol. The lowest BCUT2D eigenvalue weighted by atomic mass is 11.2. The third kappa shape index (κ3) is 2.40. The summed E-state index contributed by atoms with van der Waals surface area (Å²) in [7, 11) is 1.72. The molecule has 0 aromatic carbocycles. The zero-order valence-corrected chi connectivity index (χ0v) is 5.63. The number of aryl methyl sites for hydroxylation is 1. The summed E-state index contributed by atoms with van der Waals surface area (Å²) < 4.78 is 1.48. The molecule has 0 unspecified atom stereocenters. The molecular weight excluding hydrogens is 144 g/mol. The fraction of sp³-hybridized carbons (Fsp3) is 0.500. The van der Waals surface area contributed by atoms with Crippen molar-refractivity contribution in [2.45, 2.75) is 5.16 Å². The zero-order valence-electron chi connectivity index (χ0n) is 4.74. The Morgan fingerprint density at radius 2 is 2.00 bits per heavy atom. The molecule has 0 radical (unpaired) electrons. The second-order valence-electron chi connectivity index (χ2n) is 1.10. The van der Waals surface area contributed by atoms with Crippen LogP contribution < -0.4 is 0 Å². The van der Waals surface area contributed by atoms with Crippen LogP contribution in [0.15, 0.2) is 5.16 Å². The normalized spacial score (nSPS) is 7.33. The van der Waals surface area contributed by atoms with E-state index in [0.717, 1.165) is 0 Å². The van der Waals surface area contributed by atoms with E-state index in [1.54, 1.807) is 7.05 Å². The van der Waals surface area contributed by atoms with Crippen LogP contribution >= 0.6 is 12.6 Å². The van der Waals surface area contributed by atoms with Crippen molar-refractivity contribution >= 4 is 12.6 Å². The van der Waals surface area contributed by atoms with E-state index in [1.807, 2.05) is 0 Å². The molecule has 0 atom stereocenters. The van der Waals surface area contributed by atoms with Gasteiger partial charge in [0.2, 0.25) is 5.16 Å². The highest BCUT2D eigenvalue weighted by Gasteiger charge is 1.88.